The summed E-state index contributed by atoms with van der Waals surface area (Å²) in [4.78, 5) is 8.85. The highest BCUT2D eigenvalue weighted by Gasteiger charge is 2.23. The van der Waals surface area contributed by atoms with Crippen LogP contribution >= 0.6 is 0 Å². The van der Waals surface area contributed by atoms with Crippen molar-refractivity contribution in [1.82, 2.24) is 19.1 Å². The van der Waals surface area contributed by atoms with Crippen LogP contribution in [0, 0.1) is 26.7 Å². The molecule has 4 heterocycles. The Labute approximate surface area is 280 Å². The minimum Gasteiger partial charge on any atom is -0.313 e. The largest absolute Gasteiger partial charge is 0.313 e. The van der Waals surface area contributed by atoms with E-state index in [9.17, 15) is 0 Å². The highest BCUT2D eigenvalue weighted by atomic mass is 15.0. The molecule has 0 saturated carbocycles. The first-order valence-corrected chi connectivity index (χ1v) is 16.8. The molecule has 1 aliphatic carbocycles. The van der Waals surface area contributed by atoms with Gasteiger partial charge in [0, 0.05) is 57.7 Å². The highest BCUT2D eigenvalue weighted by Crippen LogP contribution is 2.41. The first kappa shape index (κ1) is 28.5. The third-order valence-corrected chi connectivity index (χ3v) is 10.4. The number of hydrogen-bond donors (Lipinski definition) is 0. The summed E-state index contributed by atoms with van der Waals surface area (Å²) >= 11 is 0. The third-order valence-electron chi connectivity index (χ3n) is 10.4. The zero-order valence-electron chi connectivity index (χ0n) is 27.7. The Morgan fingerprint density at radius 2 is 1.10 bits per heavy atom. The molecule has 4 nitrogen and oxygen atoms in total. The van der Waals surface area contributed by atoms with E-state index in [4.69, 9.17) is 0 Å². The predicted octanol–water partition coefficient (Wildman–Crippen LogP) is 11.2. The molecule has 8 aromatic rings. The molecule has 0 saturated heterocycles. The van der Waals surface area contributed by atoms with E-state index in [1.165, 1.54) is 93.9 Å². The number of pyridine rings is 2. The Kier molecular flexibility index (Phi) is 6.48. The molecule has 232 valence electrons. The SMILES string of the molecule is Cc1cc(-c2ccc(-n3c4ccccc4c4cnccc43)cc2C)c(C)cc1C1=CC=C(n2c3ccccc3c3cnccc32)CC1C. The molecular formula is C44H36N4. The summed E-state index contributed by atoms with van der Waals surface area (Å²) in [5.74, 6) is 0.384. The van der Waals surface area contributed by atoms with E-state index in [0.717, 1.165) is 6.42 Å². The number of nitrogens with zero attached hydrogens (tertiary/aromatic N) is 4. The van der Waals surface area contributed by atoms with Gasteiger partial charge in [-0.05, 0) is 115 Å². The van der Waals surface area contributed by atoms with Crippen molar-refractivity contribution in [2.75, 3.05) is 0 Å². The monoisotopic (exact) mass is 620 g/mol. The lowest BCUT2D eigenvalue weighted by molar-refractivity contribution is 0.749. The van der Waals surface area contributed by atoms with Crippen molar-refractivity contribution in [1.29, 1.82) is 0 Å². The van der Waals surface area contributed by atoms with E-state index in [1.807, 2.05) is 24.8 Å². The van der Waals surface area contributed by atoms with Gasteiger partial charge >= 0.3 is 0 Å². The number of aryl methyl sites for hydroxylation is 3. The molecule has 0 fully saturated rings. The highest BCUT2D eigenvalue weighted by molar-refractivity contribution is 6.10. The molecule has 1 atom stereocenters. The fraction of sp³-hybridized carbons (Fsp3) is 0.136. The predicted molar refractivity (Wildman–Crippen MR) is 201 cm³/mol. The number of rotatable bonds is 4. The van der Waals surface area contributed by atoms with Crippen LogP contribution in [-0.2, 0) is 0 Å². The number of allylic oxidation sites excluding steroid dienone is 4. The molecule has 0 bridgehead atoms. The van der Waals surface area contributed by atoms with Crippen LogP contribution < -0.4 is 0 Å². The van der Waals surface area contributed by atoms with Crippen molar-refractivity contribution < 1.29 is 0 Å². The van der Waals surface area contributed by atoms with Crippen molar-refractivity contribution in [3.05, 3.63) is 150 Å². The van der Waals surface area contributed by atoms with Gasteiger partial charge in [0.2, 0.25) is 0 Å². The summed E-state index contributed by atoms with van der Waals surface area (Å²) in [6.45, 7) is 9.12. The molecule has 0 amide bonds. The van der Waals surface area contributed by atoms with Crippen LogP contribution in [0.4, 0.5) is 0 Å². The molecule has 4 aromatic heterocycles. The minimum atomic E-state index is 0.384. The fourth-order valence-electron chi connectivity index (χ4n) is 8.09. The maximum absolute atomic E-state index is 4.43. The average Bonchev–Trinajstić information content (AvgIpc) is 3.63. The van der Waals surface area contributed by atoms with E-state index >= 15 is 0 Å². The van der Waals surface area contributed by atoms with Gasteiger partial charge in [-0.1, -0.05) is 67.6 Å². The number of fused-ring (bicyclic) bond motifs is 6. The van der Waals surface area contributed by atoms with E-state index in [1.54, 1.807) is 0 Å². The molecule has 1 unspecified atom stereocenters. The fourth-order valence-corrected chi connectivity index (χ4v) is 8.09. The summed E-state index contributed by atoms with van der Waals surface area (Å²) in [5.41, 5.74) is 16.5. The van der Waals surface area contributed by atoms with Crippen LogP contribution in [0.3, 0.4) is 0 Å². The summed E-state index contributed by atoms with van der Waals surface area (Å²) in [7, 11) is 0. The lowest BCUT2D eigenvalue weighted by Gasteiger charge is -2.26. The third kappa shape index (κ3) is 4.29. The first-order chi connectivity index (χ1) is 23.5. The van der Waals surface area contributed by atoms with Crippen molar-refractivity contribution in [2.24, 2.45) is 5.92 Å². The molecule has 4 aromatic carbocycles. The van der Waals surface area contributed by atoms with Gasteiger partial charge in [0.25, 0.3) is 0 Å². The topological polar surface area (TPSA) is 35.6 Å². The quantitative estimate of drug-likeness (QED) is 0.196. The second kappa shape index (κ2) is 10.9. The zero-order valence-corrected chi connectivity index (χ0v) is 27.7. The molecular weight excluding hydrogens is 585 g/mol. The molecule has 1 aliphatic rings. The second-order valence-electron chi connectivity index (χ2n) is 13.4. The van der Waals surface area contributed by atoms with Crippen molar-refractivity contribution in [3.63, 3.8) is 0 Å². The van der Waals surface area contributed by atoms with Crippen LogP contribution in [-0.4, -0.2) is 19.1 Å². The maximum Gasteiger partial charge on any atom is 0.0571 e. The number of aromatic nitrogens is 4. The van der Waals surface area contributed by atoms with E-state index < -0.39 is 0 Å². The zero-order chi connectivity index (χ0) is 32.5. The number of benzene rings is 4. The Morgan fingerprint density at radius 1 is 0.542 bits per heavy atom. The summed E-state index contributed by atoms with van der Waals surface area (Å²) in [6, 6.07) is 33.2. The van der Waals surface area contributed by atoms with Crippen LogP contribution in [0.15, 0.2) is 128 Å². The van der Waals surface area contributed by atoms with Gasteiger partial charge in [-0.3, -0.25) is 9.97 Å². The van der Waals surface area contributed by atoms with Crippen LogP contribution in [0.1, 0.15) is 35.6 Å². The second-order valence-corrected chi connectivity index (χ2v) is 13.4. The summed E-state index contributed by atoms with van der Waals surface area (Å²) < 4.78 is 4.79. The average molecular weight is 621 g/mol. The van der Waals surface area contributed by atoms with Gasteiger partial charge in [0.1, 0.15) is 0 Å². The van der Waals surface area contributed by atoms with Crippen molar-refractivity contribution in [2.45, 2.75) is 34.1 Å². The van der Waals surface area contributed by atoms with Crippen LogP contribution in [0.2, 0.25) is 0 Å². The molecule has 0 N–H and O–H groups in total. The van der Waals surface area contributed by atoms with Gasteiger partial charge in [0.15, 0.2) is 0 Å². The Hall–Kier alpha value is -5.74. The molecule has 48 heavy (non-hydrogen) atoms. The number of para-hydroxylation sites is 2. The Morgan fingerprint density at radius 3 is 1.77 bits per heavy atom. The van der Waals surface area contributed by atoms with Gasteiger partial charge in [-0.2, -0.15) is 0 Å². The maximum atomic E-state index is 4.43. The molecule has 4 heteroatoms. The van der Waals surface area contributed by atoms with E-state index in [0.29, 0.717) is 5.92 Å². The first-order valence-electron chi connectivity index (χ1n) is 16.8. The van der Waals surface area contributed by atoms with E-state index in [2.05, 4.69) is 150 Å². The normalized spacial score (nSPS) is 15.0. The van der Waals surface area contributed by atoms with Crippen molar-refractivity contribution in [3.8, 4) is 16.8 Å². The minimum absolute atomic E-state index is 0.384. The molecule has 0 spiro atoms. The Bertz CT molecular complexity index is 2540. The van der Waals surface area contributed by atoms with Gasteiger partial charge in [0.05, 0.1) is 22.1 Å². The van der Waals surface area contributed by atoms with Gasteiger partial charge in [-0.25, -0.2) is 0 Å². The van der Waals surface area contributed by atoms with Gasteiger partial charge in [-0.15, -0.1) is 0 Å². The molecule has 9 rings (SSSR count). The van der Waals surface area contributed by atoms with Crippen LogP contribution in [0.25, 0.3) is 71.7 Å². The van der Waals surface area contributed by atoms with Gasteiger partial charge < -0.3 is 9.13 Å². The molecule has 0 radical (unpaired) electrons. The summed E-state index contributed by atoms with van der Waals surface area (Å²) in [5, 5.41) is 4.86. The smallest absolute Gasteiger partial charge is 0.0571 e. The Balaban J connectivity index is 1.09. The summed E-state index contributed by atoms with van der Waals surface area (Å²) in [6.07, 6.45) is 13.4. The standard InChI is InChI=1S/C44H36N4/c1-27-21-31(47-41-11-7-5-9-35(41)39-25-45-19-17-43(39)47)13-15-33(27)37-23-30(4)38(24-29(37)3)34-16-14-32(22-28(34)2)48-42-12-8-6-10-36(42)40-26-46-20-18-44(40)48/h5-21,23-26,28H,22H2,1-4H3. The molecule has 0 aliphatic heterocycles. The lowest BCUT2D eigenvalue weighted by atomic mass is 9.82. The van der Waals surface area contributed by atoms with Crippen LogP contribution in [0.5, 0.6) is 0 Å². The van der Waals surface area contributed by atoms with E-state index in [-0.39, 0.29) is 0 Å². The number of hydrogen-bond acceptors (Lipinski definition) is 2. The lowest BCUT2D eigenvalue weighted by Crippen LogP contribution is -2.10. The van der Waals surface area contributed by atoms with Crippen molar-refractivity contribution >= 4 is 54.9 Å².